The summed E-state index contributed by atoms with van der Waals surface area (Å²) in [6.07, 6.45) is 6.38. The van der Waals surface area contributed by atoms with E-state index in [2.05, 4.69) is 21.1 Å². The average molecular weight is 291 g/mol. The summed E-state index contributed by atoms with van der Waals surface area (Å²) in [5.74, 6) is -0.520. The summed E-state index contributed by atoms with van der Waals surface area (Å²) in [6, 6.07) is 2.55. The van der Waals surface area contributed by atoms with Gasteiger partial charge in [-0.1, -0.05) is 11.6 Å². The highest BCUT2D eigenvalue weighted by molar-refractivity contribution is 5.88. The first kappa shape index (κ1) is 15.0. The molecule has 1 N–H and O–H groups in total. The molecule has 0 aliphatic heterocycles. The van der Waals surface area contributed by atoms with Crippen molar-refractivity contribution in [2.45, 2.75) is 25.7 Å². The van der Waals surface area contributed by atoms with Crippen LogP contribution in [-0.2, 0) is 4.74 Å². The number of ether oxygens (including phenoxy) is 1. The number of pyridine rings is 1. The highest BCUT2D eigenvalue weighted by Crippen LogP contribution is 2.24. The van der Waals surface area contributed by atoms with E-state index >= 15 is 0 Å². The van der Waals surface area contributed by atoms with Crippen LogP contribution in [-0.4, -0.2) is 29.5 Å². The van der Waals surface area contributed by atoms with E-state index in [1.54, 1.807) is 0 Å². The molecule has 7 heteroatoms. The summed E-state index contributed by atoms with van der Waals surface area (Å²) in [5.41, 5.74) is 1.25. The number of hydrogen-bond acceptors (Lipinski definition) is 6. The molecule has 0 amide bonds. The predicted octanol–water partition coefficient (Wildman–Crippen LogP) is 2.69. The topological polar surface area (TPSA) is 94.4 Å². The Morgan fingerprint density at radius 1 is 1.52 bits per heavy atom. The minimum atomic E-state index is -0.619. The van der Waals surface area contributed by atoms with Crippen molar-refractivity contribution in [3.05, 3.63) is 39.6 Å². The minimum Gasteiger partial charge on any atom is -0.464 e. The number of methoxy groups -OCH3 is 1. The maximum absolute atomic E-state index is 11.4. The Kier molecular flexibility index (Phi) is 4.86. The zero-order valence-electron chi connectivity index (χ0n) is 11.8. The molecular weight excluding hydrogens is 274 g/mol. The fourth-order valence-electron chi connectivity index (χ4n) is 2.25. The van der Waals surface area contributed by atoms with Crippen LogP contribution >= 0.6 is 0 Å². The van der Waals surface area contributed by atoms with Gasteiger partial charge in [-0.25, -0.2) is 9.78 Å². The lowest BCUT2D eigenvalue weighted by Crippen LogP contribution is -2.11. The van der Waals surface area contributed by atoms with Crippen LogP contribution in [0, 0.1) is 10.1 Å². The third-order valence-corrected chi connectivity index (χ3v) is 3.34. The number of nitrogens with zero attached hydrogens (tertiary/aromatic N) is 2. The smallest absolute Gasteiger partial charge is 0.356 e. The first-order valence-electron chi connectivity index (χ1n) is 6.77. The highest BCUT2D eigenvalue weighted by atomic mass is 16.6. The van der Waals surface area contributed by atoms with Crippen molar-refractivity contribution < 1.29 is 14.5 Å². The van der Waals surface area contributed by atoms with Gasteiger partial charge in [0.15, 0.2) is 5.69 Å². The van der Waals surface area contributed by atoms with Gasteiger partial charge in [-0.3, -0.25) is 10.1 Å². The van der Waals surface area contributed by atoms with Crippen molar-refractivity contribution in [2.24, 2.45) is 0 Å². The summed E-state index contributed by atoms with van der Waals surface area (Å²) in [7, 11) is 1.24. The van der Waals surface area contributed by atoms with Crippen LogP contribution in [0.25, 0.3) is 0 Å². The number of nitrogens with one attached hydrogen (secondary N) is 1. The Morgan fingerprint density at radius 3 is 2.95 bits per heavy atom. The molecule has 2 rings (SSSR count). The van der Waals surface area contributed by atoms with Crippen LogP contribution in [0.3, 0.4) is 0 Å². The molecule has 1 aromatic rings. The zero-order chi connectivity index (χ0) is 15.2. The van der Waals surface area contributed by atoms with E-state index in [0.717, 1.165) is 19.3 Å². The molecule has 0 radical (unpaired) electrons. The number of hydrogen-bond donors (Lipinski definition) is 1. The van der Waals surface area contributed by atoms with Crippen LogP contribution in [0.4, 0.5) is 11.5 Å². The van der Waals surface area contributed by atoms with E-state index in [1.165, 1.54) is 31.2 Å². The van der Waals surface area contributed by atoms with Gasteiger partial charge in [0, 0.05) is 12.6 Å². The molecule has 112 valence electrons. The van der Waals surface area contributed by atoms with Crippen LogP contribution < -0.4 is 5.32 Å². The second kappa shape index (κ2) is 6.83. The van der Waals surface area contributed by atoms with Gasteiger partial charge in [0.25, 0.3) is 0 Å². The molecular formula is C14H17N3O4. The maximum atomic E-state index is 11.4. The SMILES string of the molecule is COC(=O)c1ccc([N+](=O)[O-])c(NCCC2=CCCC2)n1. The van der Waals surface area contributed by atoms with Crippen molar-refractivity contribution in [1.29, 1.82) is 0 Å². The largest absolute Gasteiger partial charge is 0.464 e. The van der Waals surface area contributed by atoms with Gasteiger partial charge >= 0.3 is 11.7 Å². The highest BCUT2D eigenvalue weighted by Gasteiger charge is 2.19. The fourth-order valence-corrected chi connectivity index (χ4v) is 2.25. The lowest BCUT2D eigenvalue weighted by Gasteiger charge is -2.08. The van der Waals surface area contributed by atoms with E-state index in [0.29, 0.717) is 6.54 Å². The van der Waals surface area contributed by atoms with E-state index in [4.69, 9.17) is 0 Å². The van der Waals surface area contributed by atoms with Crippen molar-refractivity contribution in [2.75, 3.05) is 19.0 Å². The van der Waals surface area contributed by atoms with Crippen molar-refractivity contribution >= 4 is 17.5 Å². The molecule has 1 aliphatic rings. The molecule has 1 aliphatic carbocycles. The predicted molar refractivity (Wildman–Crippen MR) is 77.3 cm³/mol. The molecule has 0 unspecified atom stereocenters. The minimum absolute atomic E-state index is 0.0469. The molecule has 0 saturated heterocycles. The summed E-state index contributed by atoms with van der Waals surface area (Å²) in [4.78, 5) is 25.9. The van der Waals surface area contributed by atoms with Crippen molar-refractivity contribution in [3.63, 3.8) is 0 Å². The van der Waals surface area contributed by atoms with E-state index in [9.17, 15) is 14.9 Å². The number of esters is 1. The number of rotatable bonds is 6. The number of nitro groups is 1. The van der Waals surface area contributed by atoms with Gasteiger partial charge < -0.3 is 10.1 Å². The molecule has 0 saturated carbocycles. The standard InChI is InChI=1S/C14H17N3O4/c1-21-14(18)11-6-7-12(17(19)20)13(16-11)15-9-8-10-4-2-3-5-10/h4,6-7H,2-3,5,8-9H2,1H3,(H,15,16). The molecule has 0 bridgehead atoms. The molecule has 0 fully saturated rings. The third-order valence-electron chi connectivity index (χ3n) is 3.34. The summed E-state index contributed by atoms with van der Waals surface area (Å²) >= 11 is 0. The lowest BCUT2D eigenvalue weighted by atomic mass is 10.2. The second-order valence-electron chi connectivity index (χ2n) is 4.74. The van der Waals surface area contributed by atoms with Crippen LogP contribution in [0.2, 0.25) is 0 Å². The number of carbonyl (C=O) groups excluding carboxylic acids is 1. The number of allylic oxidation sites excluding steroid dienone is 1. The van der Waals surface area contributed by atoms with Gasteiger partial charge in [-0.2, -0.15) is 0 Å². The monoisotopic (exact) mass is 291 g/mol. The average Bonchev–Trinajstić information content (AvgIpc) is 2.99. The Hall–Kier alpha value is -2.44. The van der Waals surface area contributed by atoms with Crippen LogP contribution in [0.1, 0.15) is 36.2 Å². The number of aromatic nitrogens is 1. The molecule has 0 aromatic carbocycles. The Morgan fingerprint density at radius 2 is 2.33 bits per heavy atom. The van der Waals surface area contributed by atoms with E-state index < -0.39 is 10.9 Å². The zero-order valence-corrected chi connectivity index (χ0v) is 11.8. The number of anilines is 1. The Labute approximate surface area is 122 Å². The van der Waals surface area contributed by atoms with Gasteiger partial charge in [-0.05, 0) is 31.7 Å². The molecule has 1 aromatic heterocycles. The van der Waals surface area contributed by atoms with Gasteiger partial charge in [-0.15, -0.1) is 0 Å². The molecule has 7 nitrogen and oxygen atoms in total. The van der Waals surface area contributed by atoms with Crippen LogP contribution in [0.15, 0.2) is 23.8 Å². The quantitative estimate of drug-likeness (QED) is 0.375. The first-order valence-corrected chi connectivity index (χ1v) is 6.77. The van der Waals surface area contributed by atoms with Crippen LogP contribution in [0.5, 0.6) is 0 Å². The number of carbonyl (C=O) groups is 1. The second-order valence-corrected chi connectivity index (χ2v) is 4.74. The fraction of sp³-hybridized carbons (Fsp3) is 0.429. The normalized spacial score (nSPS) is 13.7. The summed E-state index contributed by atoms with van der Waals surface area (Å²) in [6.45, 7) is 0.546. The first-order chi connectivity index (χ1) is 10.1. The van der Waals surface area contributed by atoms with Crippen molar-refractivity contribution in [3.8, 4) is 0 Å². The van der Waals surface area contributed by atoms with E-state index in [1.807, 2.05) is 0 Å². The summed E-state index contributed by atoms with van der Waals surface area (Å²) < 4.78 is 4.57. The van der Waals surface area contributed by atoms with E-state index in [-0.39, 0.29) is 17.2 Å². The van der Waals surface area contributed by atoms with Gasteiger partial charge in [0.2, 0.25) is 5.82 Å². The van der Waals surface area contributed by atoms with Crippen molar-refractivity contribution in [1.82, 2.24) is 4.98 Å². The Bertz CT molecular complexity index is 584. The van der Waals surface area contributed by atoms with Gasteiger partial charge in [0.05, 0.1) is 12.0 Å². The summed E-state index contributed by atoms with van der Waals surface area (Å²) in [5, 5.41) is 13.9. The third kappa shape index (κ3) is 3.77. The lowest BCUT2D eigenvalue weighted by molar-refractivity contribution is -0.384. The maximum Gasteiger partial charge on any atom is 0.356 e. The molecule has 1 heterocycles. The Balaban J connectivity index is 2.10. The van der Waals surface area contributed by atoms with Gasteiger partial charge in [0.1, 0.15) is 0 Å². The molecule has 0 atom stereocenters. The molecule has 21 heavy (non-hydrogen) atoms. The molecule has 0 spiro atoms.